The van der Waals surface area contributed by atoms with E-state index in [0.29, 0.717) is 18.0 Å². The Kier molecular flexibility index (Phi) is 8.56. The molecule has 0 spiro atoms. The zero-order chi connectivity index (χ0) is 29.3. The second kappa shape index (κ2) is 11.8. The molecule has 9 heteroatoms. The van der Waals surface area contributed by atoms with Crippen LogP contribution >= 0.6 is 11.9 Å². The highest BCUT2D eigenvalue weighted by atomic mass is 32.2. The maximum atomic E-state index is 13.6. The number of hydrogen-bond donors (Lipinski definition) is 2. The van der Waals surface area contributed by atoms with Crippen molar-refractivity contribution >= 4 is 41.6 Å². The van der Waals surface area contributed by atoms with E-state index in [1.807, 2.05) is 30.3 Å². The highest BCUT2D eigenvalue weighted by molar-refractivity contribution is 7.97. The van der Waals surface area contributed by atoms with Crippen LogP contribution in [0.15, 0.2) is 35.4 Å². The first-order valence-electron chi connectivity index (χ1n) is 15.2. The zero-order valence-electron chi connectivity index (χ0n) is 25.3. The van der Waals surface area contributed by atoms with Crippen molar-refractivity contribution in [3.05, 3.63) is 35.9 Å². The van der Waals surface area contributed by atoms with Gasteiger partial charge in [0.15, 0.2) is 0 Å². The summed E-state index contributed by atoms with van der Waals surface area (Å²) in [5, 5.41) is 4.17. The van der Waals surface area contributed by atoms with Crippen LogP contribution in [-0.2, 0) is 4.79 Å². The fraction of sp³-hybridized carbons (Fsp3) is 0.625. The molecule has 2 aromatic heterocycles. The Bertz CT molecular complexity index is 1260. The summed E-state index contributed by atoms with van der Waals surface area (Å²) in [6.07, 6.45) is 8.29. The second-order valence-electron chi connectivity index (χ2n) is 14.1. The highest BCUT2D eigenvalue weighted by Crippen LogP contribution is 2.42. The smallest absolute Gasteiger partial charge is 0.265 e. The largest absolute Gasteiger partial charge is 0.370 e. The molecule has 1 unspecified atom stereocenters. The maximum absolute atomic E-state index is 13.6. The number of nitrogens with one attached hydrogen (secondary N) is 2. The van der Waals surface area contributed by atoms with Crippen LogP contribution in [0.2, 0.25) is 0 Å². The van der Waals surface area contributed by atoms with Gasteiger partial charge in [-0.25, -0.2) is 9.97 Å². The fourth-order valence-electron chi connectivity index (χ4n) is 6.70. The van der Waals surface area contributed by atoms with Crippen LogP contribution in [0.4, 0.5) is 17.5 Å². The number of rotatable bonds is 5. The van der Waals surface area contributed by atoms with Crippen LogP contribution in [-0.4, -0.2) is 53.9 Å². The molecule has 0 aliphatic carbocycles. The van der Waals surface area contributed by atoms with Gasteiger partial charge in [-0.2, -0.15) is 0 Å². The minimum atomic E-state index is -0.334. The number of pyridine rings is 2. The third-order valence-electron chi connectivity index (χ3n) is 8.95. The first-order chi connectivity index (χ1) is 19.5. The summed E-state index contributed by atoms with van der Waals surface area (Å²) in [5.74, 6) is 2.75. The molecule has 0 radical (unpaired) electrons. The molecule has 5 rings (SSSR count). The van der Waals surface area contributed by atoms with Crippen LogP contribution in [0.1, 0.15) is 89.9 Å². The molecule has 2 saturated heterocycles. The van der Waals surface area contributed by atoms with E-state index in [4.69, 9.17) is 4.98 Å². The van der Waals surface area contributed by atoms with Crippen molar-refractivity contribution in [1.29, 1.82) is 0 Å². The molecule has 0 saturated carbocycles. The Balaban J connectivity index is 1.43. The third-order valence-corrected chi connectivity index (χ3v) is 9.67. The summed E-state index contributed by atoms with van der Waals surface area (Å²) in [4.78, 5) is 40.4. The number of nitrogens with zero attached hydrogens (tertiary/aromatic N) is 4. The molecule has 222 valence electrons. The molecule has 2 fully saturated rings. The molecule has 0 aromatic carbocycles. The molecular weight excluding hydrogens is 532 g/mol. The number of anilines is 3. The van der Waals surface area contributed by atoms with E-state index in [2.05, 4.69) is 59.4 Å². The highest BCUT2D eigenvalue weighted by Gasteiger charge is 2.42. The molecule has 3 aliphatic rings. The topological polar surface area (TPSA) is 90.5 Å². The molecular formula is C32H46N6O2S. The van der Waals surface area contributed by atoms with E-state index in [0.717, 1.165) is 87.1 Å². The number of hydrogen-bond acceptors (Lipinski definition) is 8. The van der Waals surface area contributed by atoms with Gasteiger partial charge in [0.25, 0.3) is 5.91 Å². The zero-order valence-corrected chi connectivity index (χ0v) is 26.1. The number of carbonyl (C=O) groups excluding carboxylic acids is 2. The van der Waals surface area contributed by atoms with Crippen molar-refractivity contribution in [1.82, 2.24) is 14.7 Å². The van der Waals surface area contributed by atoms with Crippen molar-refractivity contribution in [2.45, 2.75) is 90.1 Å². The number of carbonyl (C=O) groups is 2. The Hall–Kier alpha value is -2.81. The molecule has 8 nitrogen and oxygen atoms in total. The molecule has 2 aromatic rings. The predicted molar refractivity (Wildman–Crippen MR) is 168 cm³/mol. The fourth-order valence-corrected chi connectivity index (χ4v) is 7.30. The molecule has 41 heavy (non-hydrogen) atoms. The van der Waals surface area contributed by atoms with Crippen molar-refractivity contribution in [2.24, 2.45) is 16.7 Å². The summed E-state index contributed by atoms with van der Waals surface area (Å²) >= 11 is 1.23. The Morgan fingerprint density at radius 3 is 2.78 bits per heavy atom. The van der Waals surface area contributed by atoms with Crippen LogP contribution in [0.3, 0.4) is 0 Å². The van der Waals surface area contributed by atoms with Gasteiger partial charge in [-0.15, -0.1) is 0 Å². The van der Waals surface area contributed by atoms with Gasteiger partial charge in [0.2, 0.25) is 0 Å². The predicted octanol–water partition coefficient (Wildman–Crippen LogP) is 6.34. The van der Waals surface area contributed by atoms with E-state index in [9.17, 15) is 9.59 Å². The molecule has 3 aliphatic heterocycles. The molecule has 1 amide bonds. The van der Waals surface area contributed by atoms with Crippen LogP contribution in [0.5, 0.6) is 0 Å². The van der Waals surface area contributed by atoms with E-state index in [-0.39, 0.29) is 22.3 Å². The number of aldehydes is 1. The SMILES string of the molecule is CC(C)(C)CCCC1(C=O)CCN(c2ccc3c(n2)N2C[C@@H](CCCNc4cccc(n4)SNC3=O)CC2(C)C)C1. The lowest BCUT2D eigenvalue weighted by Crippen LogP contribution is -2.40. The Morgan fingerprint density at radius 1 is 1.17 bits per heavy atom. The quantitative estimate of drug-likeness (QED) is 0.314. The van der Waals surface area contributed by atoms with E-state index in [1.165, 1.54) is 18.2 Å². The normalized spacial score (nSPS) is 24.6. The Labute approximate surface area is 249 Å². The third kappa shape index (κ3) is 6.99. The summed E-state index contributed by atoms with van der Waals surface area (Å²) < 4.78 is 3.01. The summed E-state index contributed by atoms with van der Waals surface area (Å²) in [6, 6.07) is 9.70. The van der Waals surface area contributed by atoms with Crippen molar-refractivity contribution < 1.29 is 9.59 Å². The monoisotopic (exact) mass is 578 g/mol. The van der Waals surface area contributed by atoms with E-state index < -0.39 is 0 Å². The summed E-state index contributed by atoms with van der Waals surface area (Å²) in [5.41, 5.74) is 0.380. The average Bonchev–Trinajstić information content (AvgIpc) is 3.49. The van der Waals surface area contributed by atoms with E-state index in [1.54, 1.807) is 0 Å². The van der Waals surface area contributed by atoms with Crippen LogP contribution in [0, 0.1) is 16.7 Å². The summed E-state index contributed by atoms with van der Waals surface area (Å²) in [6.45, 7) is 14.5. The standard InChI is InChI=1S/C32H46N6O2S/c1-30(2,3)14-8-15-32(22-39)16-18-37(21-32)26-13-12-24-28(35-26)38-20-23(19-31(38,4)5)9-7-17-33-25-10-6-11-27(34-25)41-36-29(24)40/h6,10-13,22-23H,7-9,14-21H2,1-5H3,(H,33,34)(H,36,40)/t23-,32?/m0/s1. The van der Waals surface area contributed by atoms with Crippen molar-refractivity contribution in [3.8, 4) is 0 Å². The molecule has 2 atom stereocenters. The van der Waals surface area contributed by atoms with Crippen LogP contribution < -0.4 is 19.8 Å². The van der Waals surface area contributed by atoms with Crippen molar-refractivity contribution in [2.75, 3.05) is 41.3 Å². The minimum absolute atomic E-state index is 0.126. The number of aromatic nitrogens is 2. The molecule has 2 N–H and O–H groups in total. The van der Waals surface area contributed by atoms with Gasteiger partial charge in [-0.1, -0.05) is 33.3 Å². The molecule has 4 bridgehead atoms. The lowest BCUT2D eigenvalue weighted by molar-refractivity contribution is -0.115. The van der Waals surface area contributed by atoms with Gasteiger partial charge in [0, 0.05) is 49.1 Å². The Morgan fingerprint density at radius 2 is 2.00 bits per heavy atom. The minimum Gasteiger partial charge on any atom is -0.370 e. The maximum Gasteiger partial charge on any atom is 0.265 e. The second-order valence-corrected chi connectivity index (χ2v) is 14.9. The lowest BCUT2D eigenvalue weighted by atomic mass is 9.80. The van der Waals surface area contributed by atoms with Gasteiger partial charge in [0.05, 0.1) is 5.56 Å². The first kappa shape index (κ1) is 29.7. The number of fused-ring (bicyclic) bond motifs is 6. The van der Waals surface area contributed by atoms with Gasteiger partial charge >= 0.3 is 0 Å². The van der Waals surface area contributed by atoms with Crippen molar-refractivity contribution in [3.63, 3.8) is 0 Å². The molecule has 5 heterocycles. The van der Waals surface area contributed by atoms with Gasteiger partial charge in [-0.3, -0.25) is 9.52 Å². The average molecular weight is 579 g/mol. The number of amides is 1. The van der Waals surface area contributed by atoms with E-state index >= 15 is 0 Å². The van der Waals surface area contributed by atoms with Crippen LogP contribution in [0.25, 0.3) is 0 Å². The first-order valence-corrected chi connectivity index (χ1v) is 16.0. The van der Waals surface area contributed by atoms with Gasteiger partial charge in [0.1, 0.15) is 28.8 Å². The van der Waals surface area contributed by atoms with Gasteiger partial charge < -0.3 is 19.9 Å². The van der Waals surface area contributed by atoms with Gasteiger partial charge in [-0.05, 0) is 88.0 Å². The lowest BCUT2D eigenvalue weighted by Gasteiger charge is -2.34. The summed E-state index contributed by atoms with van der Waals surface area (Å²) in [7, 11) is 0.